The summed E-state index contributed by atoms with van der Waals surface area (Å²) in [6, 6.07) is 16.1. The predicted octanol–water partition coefficient (Wildman–Crippen LogP) is 2.99. The molecule has 0 aliphatic rings. The Balaban J connectivity index is 2.00. The van der Waals surface area contributed by atoms with E-state index in [2.05, 4.69) is 10.6 Å². The molecule has 2 N–H and O–H groups in total. The Hall–Kier alpha value is -2.71. The molecule has 4 nitrogen and oxygen atoms in total. The molecule has 0 aromatic heterocycles. The highest BCUT2D eigenvalue weighted by Crippen LogP contribution is 2.09. The van der Waals surface area contributed by atoms with Crippen molar-refractivity contribution < 1.29 is 4.79 Å². The van der Waals surface area contributed by atoms with E-state index < -0.39 is 0 Å². The molecule has 0 radical (unpaired) electrons. The fourth-order valence-corrected chi connectivity index (χ4v) is 2.00. The van der Waals surface area contributed by atoms with Crippen LogP contribution in [0.25, 0.3) is 0 Å². The third-order valence-electron chi connectivity index (χ3n) is 2.89. The fraction of sp³-hybridized carbons (Fsp3) is 0.0625. The van der Waals surface area contributed by atoms with Gasteiger partial charge in [-0.15, -0.1) is 0 Å². The van der Waals surface area contributed by atoms with E-state index in [0.29, 0.717) is 16.8 Å². The molecule has 1 amide bonds. The molecule has 0 fully saturated rings. The van der Waals surface area contributed by atoms with Gasteiger partial charge in [0.05, 0.1) is 11.6 Å². The van der Waals surface area contributed by atoms with Crippen molar-refractivity contribution in [1.29, 1.82) is 5.26 Å². The third-order valence-corrected chi connectivity index (χ3v) is 3.09. The van der Waals surface area contributed by atoms with Crippen molar-refractivity contribution in [1.82, 2.24) is 5.32 Å². The van der Waals surface area contributed by atoms with Crippen LogP contribution in [-0.2, 0) is 0 Å². The molecular weight excluding hydrogens is 282 g/mol. The van der Waals surface area contributed by atoms with Crippen molar-refractivity contribution >= 4 is 28.9 Å². The van der Waals surface area contributed by atoms with Crippen LogP contribution in [-0.4, -0.2) is 11.0 Å². The van der Waals surface area contributed by atoms with E-state index >= 15 is 0 Å². The predicted molar refractivity (Wildman–Crippen MR) is 86.0 cm³/mol. The zero-order valence-electron chi connectivity index (χ0n) is 11.4. The summed E-state index contributed by atoms with van der Waals surface area (Å²) >= 11 is 5.11. The van der Waals surface area contributed by atoms with Crippen LogP contribution in [0.1, 0.15) is 21.5 Å². The topological polar surface area (TPSA) is 64.9 Å². The third kappa shape index (κ3) is 3.88. The lowest BCUT2D eigenvalue weighted by Gasteiger charge is -2.10. The maximum absolute atomic E-state index is 12.1. The fourth-order valence-electron chi connectivity index (χ4n) is 1.79. The number of benzene rings is 2. The maximum Gasteiger partial charge on any atom is 0.257 e. The van der Waals surface area contributed by atoms with Crippen LogP contribution in [0.3, 0.4) is 0 Å². The number of carbonyl (C=O) groups excluding carboxylic acids is 1. The second kappa shape index (κ2) is 6.64. The zero-order chi connectivity index (χ0) is 15.2. The molecule has 104 valence electrons. The molecule has 0 bridgehead atoms. The van der Waals surface area contributed by atoms with Crippen molar-refractivity contribution in [2.24, 2.45) is 0 Å². The van der Waals surface area contributed by atoms with Gasteiger partial charge >= 0.3 is 0 Å². The summed E-state index contributed by atoms with van der Waals surface area (Å²) in [7, 11) is 0. The van der Waals surface area contributed by atoms with Crippen molar-refractivity contribution in [2.45, 2.75) is 6.92 Å². The van der Waals surface area contributed by atoms with Crippen LogP contribution in [0, 0.1) is 18.3 Å². The Labute approximate surface area is 128 Å². The molecule has 0 atom stereocenters. The minimum absolute atomic E-state index is 0.216. The van der Waals surface area contributed by atoms with Crippen molar-refractivity contribution in [3.8, 4) is 6.07 Å². The summed E-state index contributed by atoms with van der Waals surface area (Å²) in [4.78, 5) is 12.1. The number of hydrogen-bond acceptors (Lipinski definition) is 3. The highest BCUT2D eigenvalue weighted by molar-refractivity contribution is 7.80. The highest BCUT2D eigenvalue weighted by Gasteiger charge is 2.09. The van der Waals surface area contributed by atoms with Gasteiger partial charge in [0.1, 0.15) is 0 Å². The van der Waals surface area contributed by atoms with E-state index in [9.17, 15) is 4.79 Å². The number of anilines is 1. The molecule has 0 spiro atoms. The zero-order valence-corrected chi connectivity index (χ0v) is 12.2. The molecule has 0 unspecified atom stereocenters. The Kier molecular flexibility index (Phi) is 4.64. The molecule has 5 heteroatoms. The number of hydrogen-bond donors (Lipinski definition) is 2. The molecule has 2 aromatic rings. The Morgan fingerprint density at radius 2 is 1.81 bits per heavy atom. The smallest absolute Gasteiger partial charge is 0.257 e. The van der Waals surface area contributed by atoms with Crippen molar-refractivity contribution in [3.63, 3.8) is 0 Å². The first-order chi connectivity index (χ1) is 10.1. The summed E-state index contributed by atoms with van der Waals surface area (Å²) in [6.45, 7) is 1.87. The van der Waals surface area contributed by atoms with Crippen LogP contribution in [0.2, 0.25) is 0 Å². The van der Waals surface area contributed by atoms with Gasteiger partial charge in [-0.1, -0.05) is 18.2 Å². The normalized spacial score (nSPS) is 9.52. The number of nitrogens with one attached hydrogen (secondary N) is 2. The molecule has 0 aliphatic carbocycles. The molecule has 2 rings (SSSR count). The SMILES string of the molecule is Cc1ccccc1C(=O)NC(=S)Nc1ccc(C#N)cc1. The average Bonchev–Trinajstić information content (AvgIpc) is 2.48. The van der Waals surface area contributed by atoms with Gasteiger partial charge in [0.15, 0.2) is 5.11 Å². The van der Waals surface area contributed by atoms with Crippen LogP contribution >= 0.6 is 12.2 Å². The van der Waals surface area contributed by atoms with Gasteiger partial charge in [-0.05, 0) is 55.0 Å². The number of rotatable bonds is 2. The van der Waals surface area contributed by atoms with E-state index in [4.69, 9.17) is 17.5 Å². The maximum atomic E-state index is 12.1. The molecule has 0 saturated carbocycles. The first-order valence-electron chi connectivity index (χ1n) is 6.28. The van der Waals surface area contributed by atoms with Crippen LogP contribution in [0.15, 0.2) is 48.5 Å². The minimum Gasteiger partial charge on any atom is -0.332 e. The second-order valence-electron chi connectivity index (χ2n) is 4.41. The molecule has 0 heterocycles. The number of carbonyl (C=O) groups is 1. The summed E-state index contributed by atoms with van der Waals surface area (Å²) in [5.74, 6) is -0.251. The Bertz CT molecular complexity index is 717. The van der Waals surface area contributed by atoms with E-state index in [-0.39, 0.29) is 11.0 Å². The van der Waals surface area contributed by atoms with Gasteiger partial charge in [-0.2, -0.15) is 5.26 Å². The van der Waals surface area contributed by atoms with E-state index in [1.807, 2.05) is 25.1 Å². The lowest BCUT2D eigenvalue weighted by Crippen LogP contribution is -2.34. The lowest BCUT2D eigenvalue weighted by molar-refractivity contribution is 0.0977. The number of thiocarbonyl (C=S) groups is 1. The van der Waals surface area contributed by atoms with Crippen LogP contribution < -0.4 is 10.6 Å². The molecule has 0 saturated heterocycles. The molecule has 0 aliphatic heterocycles. The number of amides is 1. The second-order valence-corrected chi connectivity index (χ2v) is 4.82. The monoisotopic (exact) mass is 295 g/mol. The summed E-state index contributed by atoms with van der Waals surface area (Å²) in [5, 5.41) is 14.5. The van der Waals surface area contributed by atoms with Crippen molar-refractivity contribution in [2.75, 3.05) is 5.32 Å². The van der Waals surface area contributed by atoms with Gasteiger partial charge in [0, 0.05) is 11.3 Å². The van der Waals surface area contributed by atoms with Gasteiger partial charge in [0.25, 0.3) is 5.91 Å². The minimum atomic E-state index is -0.251. The molecule has 21 heavy (non-hydrogen) atoms. The van der Waals surface area contributed by atoms with E-state index in [0.717, 1.165) is 5.56 Å². The Morgan fingerprint density at radius 3 is 2.43 bits per heavy atom. The van der Waals surface area contributed by atoms with E-state index in [1.165, 1.54) is 0 Å². The number of nitrogens with zero attached hydrogens (tertiary/aromatic N) is 1. The number of nitriles is 1. The van der Waals surface area contributed by atoms with Gasteiger partial charge < -0.3 is 5.32 Å². The average molecular weight is 295 g/mol. The van der Waals surface area contributed by atoms with Gasteiger partial charge in [0.2, 0.25) is 0 Å². The first-order valence-corrected chi connectivity index (χ1v) is 6.69. The lowest BCUT2D eigenvalue weighted by atomic mass is 10.1. The quantitative estimate of drug-likeness (QED) is 0.836. The highest BCUT2D eigenvalue weighted by atomic mass is 32.1. The summed E-state index contributed by atoms with van der Waals surface area (Å²) < 4.78 is 0. The standard InChI is InChI=1S/C16H13N3OS/c1-11-4-2-3-5-14(11)15(20)19-16(21)18-13-8-6-12(10-17)7-9-13/h2-9H,1H3,(H2,18,19,20,21). The summed E-state index contributed by atoms with van der Waals surface area (Å²) in [6.07, 6.45) is 0. The van der Waals surface area contributed by atoms with Crippen molar-refractivity contribution in [3.05, 3.63) is 65.2 Å². The van der Waals surface area contributed by atoms with Crippen LogP contribution in [0.4, 0.5) is 5.69 Å². The van der Waals surface area contributed by atoms with Gasteiger partial charge in [-0.3, -0.25) is 10.1 Å². The van der Waals surface area contributed by atoms with E-state index in [1.54, 1.807) is 36.4 Å². The van der Waals surface area contributed by atoms with Crippen LogP contribution in [0.5, 0.6) is 0 Å². The number of aryl methyl sites for hydroxylation is 1. The largest absolute Gasteiger partial charge is 0.332 e. The molecule has 2 aromatic carbocycles. The molecular formula is C16H13N3OS. The van der Waals surface area contributed by atoms with Gasteiger partial charge in [-0.25, -0.2) is 0 Å². The first kappa shape index (κ1) is 14.7. The summed E-state index contributed by atoms with van der Waals surface area (Å²) in [5.41, 5.74) is 2.75. The Morgan fingerprint density at radius 1 is 1.14 bits per heavy atom.